The van der Waals surface area contributed by atoms with Crippen molar-refractivity contribution in [2.24, 2.45) is 0 Å². The van der Waals surface area contributed by atoms with Crippen molar-refractivity contribution in [1.82, 2.24) is 15.6 Å². The van der Waals surface area contributed by atoms with Crippen LogP contribution < -0.4 is 10.6 Å². The van der Waals surface area contributed by atoms with Crippen LogP contribution in [-0.4, -0.2) is 60.5 Å². The van der Waals surface area contributed by atoms with E-state index in [1.165, 1.54) is 0 Å². The first kappa shape index (κ1) is 25.8. The molecule has 2 heterocycles. The van der Waals surface area contributed by atoms with Crippen LogP contribution >= 0.6 is 0 Å². The number of aromatic nitrogens is 1. The van der Waals surface area contributed by atoms with E-state index in [2.05, 4.69) is 21.7 Å². The highest BCUT2D eigenvalue weighted by molar-refractivity contribution is 5.94. The number of nitrogens with one attached hydrogen (secondary N) is 2. The standard InChI is InChI=1S/C20H22N4O2.C2HF3O2/c1-13-10-23-19(8-18(13)15-5-3-4-14(6-15)9-21)20(25)24-16-7-17(12-26-2)22-11-16;3-2(4,5)1(6)7/h3-6,8,10,16-17,22H,7,11-12H2,1-2H3,(H,24,25);(H,6,7)/t16-,17+;/m1./s1. The van der Waals surface area contributed by atoms with Crippen molar-refractivity contribution in [3.05, 3.63) is 53.3 Å². The van der Waals surface area contributed by atoms with Crippen LogP contribution in [0.5, 0.6) is 0 Å². The Morgan fingerprint density at radius 1 is 1.36 bits per heavy atom. The van der Waals surface area contributed by atoms with Crippen LogP contribution in [0.15, 0.2) is 36.5 Å². The van der Waals surface area contributed by atoms with Crippen LogP contribution in [0.4, 0.5) is 13.2 Å². The second-order valence-corrected chi connectivity index (χ2v) is 7.35. The summed E-state index contributed by atoms with van der Waals surface area (Å²) >= 11 is 0. The van der Waals surface area contributed by atoms with E-state index in [-0.39, 0.29) is 18.0 Å². The highest BCUT2D eigenvalue weighted by Gasteiger charge is 2.38. The summed E-state index contributed by atoms with van der Waals surface area (Å²) in [6.45, 7) is 3.30. The Labute approximate surface area is 188 Å². The maximum Gasteiger partial charge on any atom is 0.490 e. The van der Waals surface area contributed by atoms with Crippen LogP contribution in [-0.2, 0) is 9.53 Å². The number of halogens is 3. The minimum atomic E-state index is -5.08. The number of alkyl halides is 3. The fraction of sp³-hybridized carbons (Fsp3) is 0.364. The topological polar surface area (TPSA) is 124 Å². The van der Waals surface area contributed by atoms with Gasteiger partial charge in [0.2, 0.25) is 0 Å². The van der Waals surface area contributed by atoms with Gasteiger partial charge in [0.1, 0.15) is 5.69 Å². The van der Waals surface area contributed by atoms with Gasteiger partial charge in [-0.2, -0.15) is 18.4 Å². The van der Waals surface area contributed by atoms with Crippen LogP contribution in [0.3, 0.4) is 0 Å². The molecule has 1 aliphatic rings. The summed E-state index contributed by atoms with van der Waals surface area (Å²) in [4.78, 5) is 25.8. The third-order valence-electron chi connectivity index (χ3n) is 4.81. The fourth-order valence-electron chi connectivity index (χ4n) is 3.23. The molecule has 2 atom stereocenters. The number of carbonyl (C=O) groups is 2. The highest BCUT2D eigenvalue weighted by atomic mass is 19.4. The second kappa shape index (κ2) is 11.4. The first-order valence-electron chi connectivity index (χ1n) is 9.85. The lowest BCUT2D eigenvalue weighted by Gasteiger charge is -2.13. The number of nitriles is 1. The number of rotatable bonds is 5. The van der Waals surface area contributed by atoms with Gasteiger partial charge in [-0.05, 0) is 48.2 Å². The molecule has 11 heteroatoms. The Morgan fingerprint density at radius 3 is 2.67 bits per heavy atom. The number of benzene rings is 1. The van der Waals surface area contributed by atoms with Gasteiger partial charge in [0.25, 0.3) is 5.91 Å². The lowest BCUT2D eigenvalue weighted by molar-refractivity contribution is -0.192. The number of aryl methyl sites for hydroxylation is 1. The minimum absolute atomic E-state index is 0.0659. The zero-order chi connectivity index (χ0) is 24.6. The van der Waals surface area contributed by atoms with E-state index >= 15 is 0 Å². The monoisotopic (exact) mass is 464 g/mol. The van der Waals surface area contributed by atoms with E-state index in [4.69, 9.17) is 19.9 Å². The van der Waals surface area contributed by atoms with E-state index < -0.39 is 12.1 Å². The normalized spacial score (nSPS) is 17.5. The van der Waals surface area contributed by atoms with Crippen LogP contribution in [0.1, 0.15) is 28.0 Å². The predicted molar refractivity (Wildman–Crippen MR) is 112 cm³/mol. The molecule has 3 N–H and O–H groups in total. The number of carboxylic acids is 1. The summed E-state index contributed by atoms with van der Waals surface area (Å²) in [6, 6.07) is 11.6. The summed E-state index contributed by atoms with van der Waals surface area (Å²) in [5, 5.41) is 22.6. The van der Waals surface area contributed by atoms with Crippen LogP contribution in [0.2, 0.25) is 0 Å². The number of carbonyl (C=O) groups excluding carboxylic acids is 1. The summed E-state index contributed by atoms with van der Waals surface area (Å²) in [5.41, 5.74) is 3.73. The Hall–Kier alpha value is -3.49. The van der Waals surface area contributed by atoms with Gasteiger partial charge in [-0.15, -0.1) is 0 Å². The van der Waals surface area contributed by atoms with E-state index in [9.17, 15) is 18.0 Å². The average Bonchev–Trinajstić information content (AvgIpc) is 3.21. The molecule has 1 saturated heterocycles. The molecule has 1 amide bonds. The second-order valence-electron chi connectivity index (χ2n) is 7.35. The fourth-order valence-corrected chi connectivity index (χ4v) is 3.23. The molecule has 8 nitrogen and oxygen atoms in total. The van der Waals surface area contributed by atoms with Gasteiger partial charge in [0.15, 0.2) is 0 Å². The molecule has 0 bridgehead atoms. The van der Waals surface area contributed by atoms with Crippen LogP contribution in [0.25, 0.3) is 11.1 Å². The summed E-state index contributed by atoms with van der Waals surface area (Å²) < 4.78 is 36.9. The third-order valence-corrected chi connectivity index (χ3v) is 4.81. The van der Waals surface area contributed by atoms with Crippen LogP contribution in [0, 0.1) is 18.3 Å². The average molecular weight is 464 g/mol. The lowest BCUT2D eigenvalue weighted by atomic mass is 9.99. The van der Waals surface area contributed by atoms with Crippen molar-refractivity contribution >= 4 is 11.9 Å². The number of ether oxygens (including phenoxy) is 1. The number of carboxylic acid groups (broad SMARTS) is 1. The number of methoxy groups -OCH3 is 1. The quantitative estimate of drug-likeness (QED) is 0.621. The SMILES string of the molecule is COC[C@@H]1C[C@@H](NC(=O)c2cc(-c3cccc(C#N)c3)c(C)cn2)CN1.O=C(O)C(F)(F)F. The van der Waals surface area contributed by atoms with Gasteiger partial charge >= 0.3 is 12.1 Å². The molecule has 0 aliphatic carbocycles. The Balaban J connectivity index is 0.000000479. The molecule has 3 rings (SSSR count). The van der Waals surface area contributed by atoms with Crippen molar-refractivity contribution < 1.29 is 32.6 Å². The molecule has 1 fully saturated rings. The van der Waals surface area contributed by atoms with Gasteiger partial charge in [0.05, 0.1) is 18.2 Å². The van der Waals surface area contributed by atoms with Gasteiger partial charge in [-0.25, -0.2) is 4.79 Å². The van der Waals surface area contributed by atoms with Gasteiger partial charge in [-0.1, -0.05) is 12.1 Å². The molecule has 0 spiro atoms. The summed E-state index contributed by atoms with van der Waals surface area (Å²) in [5.74, 6) is -2.94. The number of hydrogen-bond acceptors (Lipinski definition) is 6. The van der Waals surface area contributed by atoms with Gasteiger partial charge in [0, 0.05) is 31.9 Å². The third kappa shape index (κ3) is 7.55. The van der Waals surface area contributed by atoms with Crippen molar-refractivity contribution in [2.75, 3.05) is 20.3 Å². The maximum atomic E-state index is 12.6. The van der Waals surface area contributed by atoms with Gasteiger partial charge in [-0.3, -0.25) is 9.78 Å². The zero-order valence-corrected chi connectivity index (χ0v) is 17.9. The van der Waals surface area contributed by atoms with E-state index in [1.807, 2.05) is 25.1 Å². The molecular formula is C22H23F3N4O4. The highest BCUT2D eigenvalue weighted by Crippen LogP contribution is 2.24. The molecule has 0 radical (unpaired) electrons. The van der Waals surface area contributed by atoms with E-state index in [0.29, 0.717) is 17.9 Å². The maximum absolute atomic E-state index is 12.6. The molecule has 2 aromatic rings. The molecule has 1 aromatic heterocycles. The Morgan fingerprint density at radius 2 is 2.06 bits per heavy atom. The smallest absolute Gasteiger partial charge is 0.475 e. The summed E-state index contributed by atoms with van der Waals surface area (Å²) in [7, 11) is 1.67. The Kier molecular flexibility index (Phi) is 8.90. The zero-order valence-electron chi connectivity index (χ0n) is 17.9. The molecule has 1 aliphatic heterocycles. The van der Waals surface area contributed by atoms with E-state index in [0.717, 1.165) is 29.7 Å². The van der Waals surface area contributed by atoms with E-state index in [1.54, 1.807) is 25.4 Å². The largest absolute Gasteiger partial charge is 0.490 e. The van der Waals surface area contributed by atoms with Crippen molar-refractivity contribution in [2.45, 2.75) is 31.6 Å². The minimum Gasteiger partial charge on any atom is -0.475 e. The first-order chi connectivity index (χ1) is 15.5. The number of nitrogens with zero attached hydrogens (tertiary/aromatic N) is 2. The van der Waals surface area contributed by atoms with Crippen molar-refractivity contribution in [3.8, 4) is 17.2 Å². The number of pyridine rings is 1. The molecular weight excluding hydrogens is 441 g/mol. The molecule has 1 aromatic carbocycles. The predicted octanol–water partition coefficient (Wildman–Crippen LogP) is 2.67. The molecule has 176 valence electrons. The number of amides is 1. The first-order valence-corrected chi connectivity index (χ1v) is 9.85. The molecule has 33 heavy (non-hydrogen) atoms. The Bertz CT molecular complexity index is 1040. The molecule has 0 unspecified atom stereocenters. The van der Waals surface area contributed by atoms with Gasteiger partial charge < -0.3 is 20.5 Å². The molecule has 0 saturated carbocycles. The van der Waals surface area contributed by atoms with Crippen molar-refractivity contribution in [1.29, 1.82) is 5.26 Å². The number of aliphatic carboxylic acids is 1. The van der Waals surface area contributed by atoms with Crippen molar-refractivity contribution in [3.63, 3.8) is 0 Å². The number of hydrogen-bond donors (Lipinski definition) is 3. The lowest BCUT2D eigenvalue weighted by Crippen LogP contribution is -2.36. The summed E-state index contributed by atoms with van der Waals surface area (Å²) in [6.07, 6.45) is -2.55.